The number of carbonyl (C=O) groups excluding carboxylic acids is 1. The van der Waals surface area contributed by atoms with Gasteiger partial charge in [0.2, 0.25) is 15.9 Å². The van der Waals surface area contributed by atoms with Crippen LogP contribution in [-0.4, -0.2) is 67.7 Å². The number of aromatic amines is 1. The van der Waals surface area contributed by atoms with Crippen molar-refractivity contribution < 1.29 is 17.9 Å². The highest BCUT2D eigenvalue weighted by Gasteiger charge is 2.30. The molecule has 0 atom stereocenters. The van der Waals surface area contributed by atoms with E-state index >= 15 is 0 Å². The van der Waals surface area contributed by atoms with Crippen molar-refractivity contribution >= 4 is 38.6 Å². The second kappa shape index (κ2) is 11.6. The average Bonchev–Trinajstić information content (AvgIpc) is 3.28. The maximum absolute atomic E-state index is 12.8. The zero-order valence-electron chi connectivity index (χ0n) is 20.0. The minimum absolute atomic E-state index is 0.0239. The van der Waals surface area contributed by atoms with E-state index in [1.807, 2.05) is 36.7 Å². The molecular weight excluding hydrogens is 482 g/mol. The van der Waals surface area contributed by atoms with Gasteiger partial charge in [0.15, 0.2) is 0 Å². The molecule has 7 nitrogen and oxygen atoms in total. The molecular formula is C26H33N3O4S2. The number of nitrogens with one attached hydrogen (secondary N) is 1. The van der Waals surface area contributed by atoms with Crippen LogP contribution in [0.25, 0.3) is 22.0 Å². The van der Waals surface area contributed by atoms with Crippen LogP contribution in [0.2, 0.25) is 0 Å². The first kappa shape index (κ1) is 25.8. The van der Waals surface area contributed by atoms with Gasteiger partial charge in [-0.3, -0.25) is 4.79 Å². The normalized spacial score (nSPS) is 15.6. The summed E-state index contributed by atoms with van der Waals surface area (Å²) in [6.07, 6.45) is 5.67. The van der Waals surface area contributed by atoms with Crippen LogP contribution in [0.1, 0.15) is 29.9 Å². The van der Waals surface area contributed by atoms with Crippen LogP contribution in [0.15, 0.2) is 48.7 Å². The van der Waals surface area contributed by atoms with Crippen LogP contribution in [-0.2, 0) is 26.0 Å². The summed E-state index contributed by atoms with van der Waals surface area (Å²) < 4.78 is 32.6. The summed E-state index contributed by atoms with van der Waals surface area (Å²) in [4.78, 5) is 15.1. The minimum atomic E-state index is -3.33. The van der Waals surface area contributed by atoms with Crippen molar-refractivity contribution in [3.05, 3.63) is 59.8 Å². The fourth-order valence-corrected chi connectivity index (χ4v) is 6.41. The number of benzene rings is 2. The number of hydrogen-bond acceptors (Lipinski definition) is 5. The molecule has 0 unspecified atom stereocenters. The summed E-state index contributed by atoms with van der Waals surface area (Å²) in [7, 11) is -3.33. The number of piperidine rings is 1. The molecule has 9 heteroatoms. The Bertz CT molecular complexity index is 1250. The summed E-state index contributed by atoms with van der Waals surface area (Å²) in [5.74, 6) is 0.753. The first-order chi connectivity index (χ1) is 16.9. The van der Waals surface area contributed by atoms with Gasteiger partial charge in [-0.25, -0.2) is 12.7 Å². The lowest BCUT2D eigenvalue weighted by molar-refractivity contribution is -0.117. The van der Waals surface area contributed by atoms with Crippen LogP contribution < -0.4 is 5.73 Å². The number of nitrogens with zero attached hydrogens (tertiary/aromatic N) is 1. The molecule has 3 N–H and O–H groups in total. The number of thioether (sulfide) groups is 1. The molecule has 1 amide bonds. The molecule has 1 aromatic heterocycles. The Morgan fingerprint density at radius 1 is 1.14 bits per heavy atom. The van der Waals surface area contributed by atoms with Crippen LogP contribution in [0.3, 0.4) is 0 Å². The van der Waals surface area contributed by atoms with Crippen molar-refractivity contribution in [1.29, 1.82) is 0 Å². The predicted octanol–water partition coefficient (Wildman–Crippen LogP) is 3.75. The van der Waals surface area contributed by atoms with E-state index in [9.17, 15) is 13.2 Å². The zero-order valence-corrected chi connectivity index (χ0v) is 21.7. The van der Waals surface area contributed by atoms with Crippen LogP contribution in [0, 0.1) is 0 Å². The van der Waals surface area contributed by atoms with Crippen molar-refractivity contribution in [3.63, 3.8) is 0 Å². The highest BCUT2D eigenvalue weighted by molar-refractivity contribution is 7.98. The molecule has 0 saturated carbocycles. The standard InChI is InChI=1S/C26H33N3O4S2/c1-34-13-11-33-12-14-35(31,32)29-9-7-20(8-10-29)24-18-28-26-22(17-25(27)30)15-21(16-23(24)26)19-5-3-2-4-6-19/h2-6,15-16,18,20,28H,7-14,17H2,1H3,(H2,27,30). The third kappa shape index (κ3) is 6.27. The number of ether oxygens (including phenoxy) is 1. The molecule has 2 heterocycles. The Morgan fingerprint density at radius 2 is 1.89 bits per heavy atom. The van der Waals surface area contributed by atoms with Gasteiger partial charge in [0.1, 0.15) is 0 Å². The molecule has 1 saturated heterocycles. The fourth-order valence-electron chi connectivity index (χ4n) is 4.77. The molecule has 2 aromatic carbocycles. The third-order valence-corrected chi connectivity index (χ3v) is 8.99. The van der Waals surface area contributed by atoms with E-state index in [4.69, 9.17) is 10.5 Å². The predicted molar refractivity (Wildman–Crippen MR) is 143 cm³/mol. The van der Waals surface area contributed by atoms with Gasteiger partial charge in [-0.15, -0.1) is 0 Å². The Kier molecular flexibility index (Phi) is 8.54. The number of aromatic nitrogens is 1. The molecule has 0 aliphatic carbocycles. The highest BCUT2D eigenvalue weighted by atomic mass is 32.2. The molecule has 4 rings (SSSR count). The van der Waals surface area contributed by atoms with Crippen LogP contribution in [0.4, 0.5) is 0 Å². The SMILES string of the molecule is CSCCOCCS(=O)(=O)N1CCC(c2c[nH]c3c(CC(N)=O)cc(-c4ccccc4)cc23)CC1. The third-order valence-electron chi connectivity index (χ3n) is 6.58. The van der Waals surface area contributed by atoms with E-state index in [1.165, 1.54) is 5.56 Å². The maximum Gasteiger partial charge on any atom is 0.221 e. The Morgan fingerprint density at radius 3 is 2.57 bits per heavy atom. The molecule has 3 aromatic rings. The lowest BCUT2D eigenvalue weighted by atomic mass is 9.88. The van der Waals surface area contributed by atoms with E-state index in [2.05, 4.69) is 23.2 Å². The molecule has 35 heavy (non-hydrogen) atoms. The van der Waals surface area contributed by atoms with E-state index in [0.717, 1.165) is 46.2 Å². The maximum atomic E-state index is 12.8. The number of fused-ring (bicyclic) bond motifs is 1. The van der Waals surface area contributed by atoms with Gasteiger partial charge in [-0.05, 0) is 59.4 Å². The quantitative estimate of drug-likeness (QED) is 0.379. The van der Waals surface area contributed by atoms with Gasteiger partial charge in [0.05, 0.1) is 25.4 Å². The van der Waals surface area contributed by atoms with Gasteiger partial charge in [0, 0.05) is 35.9 Å². The number of primary amides is 1. The monoisotopic (exact) mass is 515 g/mol. The summed E-state index contributed by atoms with van der Waals surface area (Å²) in [6, 6.07) is 14.3. The van der Waals surface area contributed by atoms with Gasteiger partial charge in [-0.1, -0.05) is 30.3 Å². The summed E-state index contributed by atoms with van der Waals surface area (Å²) in [5, 5.41) is 1.08. The molecule has 1 aliphatic rings. The highest BCUT2D eigenvalue weighted by Crippen LogP contribution is 2.37. The number of H-pyrrole nitrogens is 1. The van der Waals surface area contributed by atoms with E-state index in [0.29, 0.717) is 19.7 Å². The number of hydrogen-bond donors (Lipinski definition) is 2. The first-order valence-corrected chi connectivity index (χ1v) is 14.9. The van der Waals surface area contributed by atoms with Gasteiger partial charge in [0.25, 0.3) is 0 Å². The fraction of sp³-hybridized carbons (Fsp3) is 0.423. The van der Waals surface area contributed by atoms with Crippen molar-refractivity contribution in [2.45, 2.75) is 25.2 Å². The van der Waals surface area contributed by atoms with Crippen molar-refractivity contribution in [1.82, 2.24) is 9.29 Å². The number of rotatable bonds is 11. The van der Waals surface area contributed by atoms with E-state index in [-0.39, 0.29) is 30.6 Å². The van der Waals surface area contributed by atoms with Gasteiger partial charge in [-0.2, -0.15) is 11.8 Å². The average molecular weight is 516 g/mol. The Hall–Kier alpha value is -2.33. The van der Waals surface area contributed by atoms with Crippen molar-refractivity contribution in [2.24, 2.45) is 5.73 Å². The molecule has 0 radical (unpaired) electrons. The largest absolute Gasteiger partial charge is 0.379 e. The van der Waals surface area contributed by atoms with Gasteiger partial charge >= 0.3 is 0 Å². The number of nitrogens with two attached hydrogens (primary N) is 1. The second-order valence-corrected chi connectivity index (χ2v) is 12.0. The molecule has 1 fully saturated rings. The lowest BCUT2D eigenvalue weighted by Crippen LogP contribution is -2.40. The van der Waals surface area contributed by atoms with Gasteiger partial charge < -0.3 is 15.5 Å². The van der Waals surface area contributed by atoms with Crippen molar-refractivity contribution in [2.75, 3.05) is 44.1 Å². The number of carbonyl (C=O) groups is 1. The molecule has 0 bridgehead atoms. The smallest absolute Gasteiger partial charge is 0.221 e. The topological polar surface area (TPSA) is 105 Å². The summed E-state index contributed by atoms with van der Waals surface area (Å²) >= 11 is 1.68. The summed E-state index contributed by atoms with van der Waals surface area (Å²) in [5.41, 5.74) is 10.6. The van der Waals surface area contributed by atoms with Crippen LogP contribution in [0.5, 0.6) is 0 Å². The Labute approximate surface area is 211 Å². The molecule has 0 spiro atoms. The minimum Gasteiger partial charge on any atom is -0.379 e. The van der Waals surface area contributed by atoms with E-state index in [1.54, 1.807) is 16.1 Å². The van der Waals surface area contributed by atoms with Crippen molar-refractivity contribution in [3.8, 4) is 11.1 Å². The lowest BCUT2D eigenvalue weighted by Gasteiger charge is -2.31. The first-order valence-electron chi connectivity index (χ1n) is 11.9. The Balaban J connectivity index is 1.52. The molecule has 1 aliphatic heterocycles. The number of sulfonamides is 1. The summed E-state index contributed by atoms with van der Waals surface area (Å²) in [6.45, 7) is 1.80. The van der Waals surface area contributed by atoms with E-state index < -0.39 is 10.0 Å². The zero-order chi connectivity index (χ0) is 24.8. The number of amides is 1. The second-order valence-electron chi connectivity index (χ2n) is 8.91. The molecule has 188 valence electrons. The van der Waals surface area contributed by atoms with Crippen LogP contribution >= 0.6 is 11.8 Å².